The highest BCUT2D eigenvalue weighted by Crippen LogP contribution is 2.49. The van der Waals surface area contributed by atoms with Crippen LogP contribution in [-0.4, -0.2) is 25.0 Å². The lowest BCUT2D eigenvalue weighted by atomic mass is 9.79. The molecule has 6 nitrogen and oxygen atoms in total. The monoisotopic (exact) mass is 495 g/mol. The van der Waals surface area contributed by atoms with Gasteiger partial charge in [-0.1, -0.05) is 65.7 Å². The normalized spacial score (nSPS) is 23.0. The zero-order chi connectivity index (χ0) is 23.9. The van der Waals surface area contributed by atoms with Gasteiger partial charge in [0.1, 0.15) is 11.3 Å². The van der Waals surface area contributed by atoms with Gasteiger partial charge in [-0.25, -0.2) is 0 Å². The molecule has 34 heavy (non-hydrogen) atoms. The molecule has 3 N–H and O–H groups in total. The molecule has 3 aromatic carbocycles. The van der Waals surface area contributed by atoms with E-state index in [9.17, 15) is 9.59 Å². The van der Waals surface area contributed by atoms with Gasteiger partial charge in [0.25, 0.3) is 0 Å². The maximum absolute atomic E-state index is 13.7. The standard InChI is InChI=1S/C26H23Cl2N3O3/c1-34-22-11-10-16(27)13-21(22)29-24(32)19-14-17(12-15-6-3-2-4-7-15)31-26(19)18-8-5-9-20(28)23(18)30-25(26)33/h2-11,13,17,19,31H,12,14H2,1H3,(H,29,32)(H,30,33)/t17-,19+,26-/m0/s1. The van der Waals surface area contributed by atoms with Crippen molar-refractivity contribution in [3.05, 3.63) is 87.9 Å². The highest BCUT2D eigenvalue weighted by Gasteiger charge is 2.60. The van der Waals surface area contributed by atoms with Gasteiger partial charge in [0.15, 0.2) is 0 Å². The van der Waals surface area contributed by atoms with E-state index in [2.05, 4.69) is 16.0 Å². The van der Waals surface area contributed by atoms with Crippen LogP contribution in [0.2, 0.25) is 10.0 Å². The van der Waals surface area contributed by atoms with Crippen molar-refractivity contribution in [2.24, 2.45) is 5.92 Å². The largest absolute Gasteiger partial charge is 0.495 e. The number of amides is 2. The summed E-state index contributed by atoms with van der Waals surface area (Å²) in [5.41, 5.74) is 1.55. The third-order valence-electron chi connectivity index (χ3n) is 6.57. The Morgan fingerprint density at radius 1 is 1.12 bits per heavy atom. The summed E-state index contributed by atoms with van der Waals surface area (Å²) < 4.78 is 5.39. The van der Waals surface area contributed by atoms with Crippen molar-refractivity contribution < 1.29 is 14.3 Å². The molecule has 0 aliphatic carbocycles. The summed E-state index contributed by atoms with van der Waals surface area (Å²) in [5, 5.41) is 10.3. The lowest BCUT2D eigenvalue weighted by Gasteiger charge is -2.29. The van der Waals surface area contributed by atoms with Gasteiger partial charge in [0, 0.05) is 16.6 Å². The summed E-state index contributed by atoms with van der Waals surface area (Å²) in [6.45, 7) is 0. The molecule has 0 saturated carbocycles. The van der Waals surface area contributed by atoms with Crippen LogP contribution in [0.3, 0.4) is 0 Å². The number of halogens is 2. The Balaban J connectivity index is 1.54. The minimum atomic E-state index is -1.24. The molecule has 2 heterocycles. The zero-order valence-corrected chi connectivity index (χ0v) is 19.9. The Morgan fingerprint density at radius 3 is 2.68 bits per heavy atom. The molecule has 2 aliphatic heterocycles. The molecule has 8 heteroatoms. The van der Waals surface area contributed by atoms with E-state index in [-0.39, 0.29) is 17.9 Å². The lowest BCUT2D eigenvalue weighted by Crippen LogP contribution is -2.52. The van der Waals surface area contributed by atoms with E-state index in [1.165, 1.54) is 7.11 Å². The van der Waals surface area contributed by atoms with Gasteiger partial charge in [-0.2, -0.15) is 0 Å². The Morgan fingerprint density at radius 2 is 1.91 bits per heavy atom. The first-order valence-corrected chi connectivity index (χ1v) is 11.7. The number of hydrogen-bond acceptors (Lipinski definition) is 4. The summed E-state index contributed by atoms with van der Waals surface area (Å²) in [6.07, 6.45) is 1.14. The fourth-order valence-electron chi connectivity index (χ4n) is 5.08. The molecule has 0 unspecified atom stereocenters. The number of hydrogen-bond donors (Lipinski definition) is 3. The number of rotatable bonds is 5. The second-order valence-electron chi connectivity index (χ2n) is 8.58. The van der Waals surface area contributed by atoms with Crippen LogP contribution in [0, 0.1) is 5.92 Å². The summed E-state index contributed by atoms with van der Waals surface area (Å²) in [7, 11) is 1.52. The number of ether oxygens (including phenoxy) is 1. The van der Waals surface area contributed by atoms with Gasteiger partial charge in [0.05, 0.1) is 29.4 Å². The molecule has 0 aromatic heterocycles. The van der Waals surface area contributed by atoms with Crippen molar-refractivity contribution in [3.8, 4) is 5.75 Å². The molecule has 1 spiro atoms. The maximum atomic E-state index is 13.7. The predicted octanol–water partition coefficient (Wildman–Crippen LogP) is 5.01. The summed E-state index contributed by atoms with van der Waals surface area (Å²) in [6, 6.07) is 20.3. The van der Waals surface area contributed by atoms with Gasteiger partial charge in [0.2, 0.25) is 11.8 Å². The summed E-state index contributed by atoms with van der Waals surface area (Å²) in [4.78, 5) is 27.2. The van der Waals surface area contributed by atoms with Crippen LogP contribution in [-0.2, 0) is 21.5 Å². The Kier molecular flexibility index (Phi) is 5.98. The third-order valence-corrected chi connectivity index (χ3v) is 7.12. The molecule has 2 amide bonds. The fourth-order valence-corrected chi connectivity index (χ4v) is 5.47. The minimum Gasteiger partial charge on any atom is -0.495 e. The number of benzene rings is 3. The average molecular weight is 496 g/mol. The Labute approximate surface area is 207 Å². The number of para-hydroxylation sites is 1. The van der Waals surface area contributed by atoms with E-state index in [0.717, 1.165) is 5.56 Å². The molecule has 0 radical (unpaired) electrons. The zero-order valence-electron chi connectivity index (χ0n) is 18.4. The van der Waals surface area contributed by atoms with E-state index in [1.807, 2.05) is 36.4 Å². The first-order valence-electron chi connectivity index (χ1n) is 11.0. The van der Waals surface area contributed by atoms with E-state index >= 15 is 0 Å². The van der Waals surface area contributed by atoms with Gasteiger partial charge in [-0.15, -0.1) is 0 Å². The summed E-state index contributed by atoms with van der Waals surface area (Å²) in [5.74, 6) is -0.793. The van der Waals surface area contributed by atoms with Gasteiger partial charge < -0.3 is 15.4 Å². The van der Waals surface area contributed by atoms with Crippen LogP contribution in [0.4, 0.5) is 11.4 Å². The SMILES string of the molecule is COc1ccc(Cl)cc1NC(=O)[C@H]1C[C@H](Cc2ccccc2)N[C@]12C(=O)Nc1c(Cl)cccc12. The highest BCUT2D eigenvalue weighted by atomic mass is 35.5. The smallest absolute Gasteiger partial charge is 0.250 e. The van der Waals surface area contributed by atoms with E-state index in [0.29, 0.717) is 45.6 Å². The molecule has 0 bridgehead atoms. The molecule has 174 valence electrons. The van der Waals surface area contributed by atoms with Gasteiger partial charge >= 0.3 is 0 Å². The minimum absolute atomic E-state index is 0.102. The second kappa shape index (κ2) is 8.95. The number of methoxy groups -OCH3 is 1. The van der Waals surface area contributed by atoms with Gasteiger partial charge in [-0.3, -0.25) is 14.9 Å². The number of carbonyl (C=O) groups is 2. The van der Waals surface area contributed by atoms with E-state index in [4.69, 9.17) is 27.9 Å². The van der Waals surface area contributed by atoms with Crippen LogP contribution in [0.5, 0.6) is 5.75 Å². The molecule has 1 fully saturated rings. The van der Waals surface area contributed by atoms with Crippen LogP contribution in [0.15, 0.2) is 66.7 Å². The van der Waals surface area contributed by atoms with Crippen molar-refractivity contribution in [2.75, 3.05) is 17.7 Å². The average Bonchev–Trinajstić information content (AvgIpc) is 3.34. The lowest BCUT2D eigenvalue weighted by molar-refractivity contribution is -0.130. The number of anilines is 2. The van der Waals surface area contributed by atoms with Crippen LogP contribution in [0.25, 0.3) is 0 Å². The van der Waals surface area contributed by atoms with Crippen LogP contribution in [0.1, 0.15) is 17.5 Å². The first kappa shape index (κ1) is 22.7. The molecule has 2 aliphatic rings. The van der Waals surface area contributed by atoms with Gasteiger partial charge in [-0.05, 0) is 42.7 Å². The summed E-state index contributed by atoms with van der Waals surface area (Å²) >= 11 is 12.6. The fraction of sp³-hybridized carbons (Fsp3) is 0.231. The highest BCUT2D eigenvalue weighted by molar-refractivity contribution is 6.35. The number of carbonyl (C=O) groups excluding carboxylic acids is 2. The molecule has 1 saturated heterocycles. The van der Waals surface area contributed by atoms with Crippen molar-refractivity contribution in [2.45, 2.75) is 24.4 Å². The van der Waals surface area contributed by atoms with E-state index in [1.54, 1.807) is 30.3 Å². The second-order valence-corrected chi connectivity index (χ2v) is 9.42. The molecular formula is C26H23Cl2N3O3. The molecule has 5 rings (SSSR count). The van der Waals surface area contributed by atoms with E-state index < -0.39 is 11.5 Å². The predicted molar refractivity (Wildman–Crippen MR) is 134 cm³/mol. The number of fused-ring (bicyclic) bond motifs is 2. The third kappa shape index (κ3) is 3.82. The van der Waals surface area contributed by atoms with Crippen molar-refractivity contribution in [3.63, 3.8) is 0 Å². The Bertz CT molecular complexity index is 1270. The quantitative estimate of drug-likeness (QED) is 0.464. The molecule has 3 aromatic rings. The van der Waals surface area contributed by atoms with Crippen LogP contribution < -0.4 is 20.7 Å². The van der Waals surface area contributed by atoms with Crippen molar-refractivity contribution in [1.29, 1.82) is 0 Å². The van der Waals surface area contributed by atoms with Crippen molar-refractivity contribution in [1.82, 2.24) is 5.32 Å². The van der Waals surface area contributed by atoms with Crippen molar-refractivity contribution >= 4 is 46.4 Å². The van der Waals surface area contributed by atoms with Crippen LogP contribution >= 0.6 is 23.2 Å². The molecular weight excluding hydrogens is 473 g/mol. The topological polar surface area (TPSA) is 79.5 Å². The maximum Gasteiger partial charge on any atom is 0.250 e. The molecule has 3 atom stereocenters. The number of nitrogens with one attached hydrogen (secondary N) is 3. The first-order chi connectivity index (χ1) is 16.4. The Hall–Kier alpha value is -3.06.